The van der Waals surface area contributed by atoms with Crippen molar-refractivity contribution in [2.75, 3.05) is 33.8 Å². The number of carbonyl (C=O) groups is 1. The molecule has 0 bridgehead atoms. The van der Waals surface area contributed by atoms with Crippen LogP contribution in [-0.4, -0.2) is 49.5 Å². The molecule has 0 N–H and O–H groups in total. The largest absolute Gasteiger partial charge is 0.494 e. The number of benzene rings is 2. The molecule has 0 spiro atoms. The highest BCUT2D eigenvalue weighted by Crippen LogP contribution is 2.39. The molecule has 2 heterocycles. The van der Waals surface area contributed by atoms with Crippen molar-refractivity contribution in [3.05, 3.63) is 75.6 Å². The van der Waals surface area contributed by atoms with E-state index < -0.39 is 6.04 Å². The SMILES string of the molecule is CCCOc1cccc([C@H]2c3c(oc4ccccc4c3=O)C(=O)N2CCCN(C)C)c1. The Bertz CT molecular complexity index is 1150. The molecule has 162 valence electrons. The van der Waals surface area contributed by atoms with E-state index in [1.807, 2.05) is 44.4 Å². The maximum atomic E-state index is 13.5. The quantitative estimate of drug-likeness (QED) is 0.550. The van der Waals surface area contributed by atoms with E-state index in [2.05, 4.69) is 11.8 Å². The van der Waals surface area contributed by atoms with E-state index in [1.54, 1.807) is 23.1 Å². The zero-order valence-electron chi connectivity index (χ0n) is 18.3. The third-order valence-corrected chi connectivity index (χ3v) is 5.52. The topological polar surface area (TPSA) is 63.0 Å². The highest BCUT2D eigenvalue weighted by molar-refractivity contribution is 5.99. The van der Waals surface area contributed by atoms with Crippen LogP contribution in [0.25, 0.3) is 11.0 Å². The molecule has 4 rings (SSSR count). The minimum absolute atomic E-state index is 0.148. The second-order valence-electron chi connectivity index (χ2n) is 8.15. The van der Waals surface area contributed by atoms with Crippen LogP contribution in [-0.2, 0) is 0 Å². The van der Waals surface area contributed by atoms with E-state index in [1.165, 1.54) is 0 Å². The van der Waals surface area contributed by atoms with E-state index in [-0.39, 0.29) is 17.1 Å². The first-order chi connectivity index (χ1) is 15.0. The molecule has 0 aliphatic carbocycles. The van der Waals surface area contributed by atoms with Crippen LogP contribution in [0.2, 0.25) is 0 Å². The average Bonchev–Trinajstić information content (AvgIpc) is 3.04. The van der Waals surface area contributed by atoms with Crippen molar-refractivity contribution in [1.82, 2.24) is 9.80 Å². The highest BCUT2D eigenvalue weighted by atomic mass is 16.5. The second kappa shape index (κ2) is 8.94. The van der Waals surface area contributed by atoms with E-state index in [4.69, 9.17) is 9.15 Å². The Labute approximate surface area is 182 Å². The number of ether oxygens (including phenoxy) is 1. The minimum atomic E-state index is -0.490. The van der Waals surface area contributed by atoms with E-state index in [0.717, 1.165) is 30.7 Å². The molecule has 2 aromatic carbocycles. The Hall–Kier alpha value is -3.12. The fraction of sp³-hybridized carbons (Fsp3) is 0.360. The van der Waals surface area contributed by atoms with Crippen molar-refractivity contribution in [1.29, 1.82) is 0 Å². The predicted octanol–water partition coefficient (Wildman–Crippen LogP) is 4.08. The number of para-hydroxylation sites is 1. The molecule has 1 atom stereocenters. The summed E-state index contributed by atoms with van der Waals surface area (Å²) in [6, 6.07) is 14.3. The van der Waals surface area contributed by atoms with Gasteiger partial charge in [-0.05, 0) is 63.3 Å². The minimum Gasteiger partial charge on any atom is -0.494 e. The van der Waals surface area contributed by atoms with Gasteiger partial charge in [0.25, 0.3) is 5.91 Å². The Morgan fingerprint density at radius 3 is 2.68 bits per heavy atom. The van der Waals surface area contributed by atoms with Crippen LogP contribution in [0.4, 0.5) is 0 Å². The molecule has 0 saturated carbocycles. The molecule has 31 heavy (non-hydrogen) atoms. The zero-order chi connectivity index (χ0) is 22.0. The first kappa shape index (κ1) is 21.1. The molecule has 1 amide bonds. The summed E-state index contributed by atoms with van der Waals surface area (Å²) < 4.78 is 11.8. The van der Waals surface area contributed by atoms with E-state index >= 15 is 0 Å². The van der Waals surface area contributed by atoms with Gasteiger partial charge in [-0.1, -0.05) is 31.2 Å². The molecular formula is C25H28N2O4. The number of carbonyl (C=O) groups excluding carboxylic acids is 1. The predicted molar refractivity (Wildman–Crippen MR) is 121 cm³/mol. The number of hydrogen-bond acceptors (Lipinski definition) is 5. The molecule has 1 aliphatic rings. The molecule has 0 radical (unpaired) electrons. The molecule has 6 heteroatoms. The lowest BCUT2D eigenvalue weighted by atomic mass is 9.98. The van der Waals surface area contributed by atoms with Crippen LogP contribution in [0.3, 0.4) is 0 Å². The lowest BCUT2D eigenvalue weighted by Gasteiger charge is -2.26. The van der Waals surface area contributed by atoms with Gasteiger partial charge in [-0.3, -0.25) is 9.59 Å². The van der Waals surface area contributed by atoms with Crippen molar-refractivity contribution in [2.45, 2.75) is 25.8 Å². The second-order valence-corrected chi connectivity index (χ2v) is 8.15. The maximum absolute atomic E-state index is 13.5. The molecule has 3 aromatic rings. The summed E-state index contributed by atoms with van der Waals surface area (Å²) in [5, 5.41) is 0.493. The van der Waals surface area contributed by atoms with Crippen LogP contribution in [0.5, 0.6) is 5.75 Å². The maximum Gasteiger partial charge on any atom is 0.290 e. The van der Waals surface area contributed by atoms with Crippen molar-refractivity contribution in [3.8, 4) is 5.75 Å². The first-order valence-corrected chi connectivity index (χ1v) is 10.8. The van der Waals surface area contributed by atoms with Crippen LogP contribution >= 0.6 is 0 Å². The van der Waals surface area contributed by atoms with Crippen molar-refractivity contribution >= 4 is 16.9 Å². The first-order valence-electron chi connectivity index (χ1n) is 10.8. The Balaban J connectivity index is 1.82. The standard InChI is InChI=1S/C25H28N2O4/c1-4-15-30-18-10-7-9-17(16-18)22-21-23(28)19-11-5-6-12-20(19)31-24(21)25(29)27(22)14-8-13-26(2)3/h5-7,9-12,16,22H,4,8,13-15H2,1-3H3/t22-/m0/s1. The van der Waals surface area contributed by atoms with Crippen molar-refractivity contribution < 1.29 is 13.9 Å². The summed E-state index contributed by atoms with van der Waals surface area (Å²) in [7, 11) is 4.01. The third kappa shape index (κ3) is 4.08. The zero-order valence-corrected chi connectivity index (χ0v) is 18.3. The van der Waals surface area contributed by atoms with Gasteiger partial charge in [-0.15, -0.1) is 0 Å². The summed E-state index contributed by atoms with van der Waals surface area (Å²) in [6.45, 7) is 4.04. The summed E-state index contributed by atoms with van der Waals surface area (Å²) in [6.07, 6.45) is 1.70. The molecule has 0 fully saturated rings. The van der Waals surface area contributed by atoms with Crippen molar-refractivity contribution in [3.63, 3.8) is 0 Å². The monoisotopic (exact) mass is 420 g/mol. The van der Waals surface area contributed by atoms with Gasteiger partial charge in [0.1, 0.15) is 11.3 Å². The average molecular weight is 421 g/mol. The van der Waals surface area contributed by atoms with E-state index in [0.29, 0.717) is 29.7 Å². The summed E-state index contributed by atoms with van der Waals surface area (Å²) in [4.78, 5) is 30.7. The number of nitrogens with zero attached hydrogens (tertiary/aromatic N) is 2. The fourth-order valence-corrected chi connectivity index (χ4v) is 4.10. The number of amides is 1. The van der Waals surface area contributed by atoms with Gasteiger partial charge in [-0.25, -0.2) is 0 Å². The van der Waals surface area contributed by atoms with Gasteiger partial charge in [-0.2, -0.15) is 0 Å². The van der Waals surface area contributed by atoms with Crippen LogP contribution < -0.4 is 10.2 Å². The normalized spacial score (nSPS) is 15.7. The summed E-state index contributed by atoms with van der Waals surface area (Å²) >= 11 is 0. The highest BCUT2D eigenvalue weighted by Gasteiger charge is 2.42. The molecule has 6 nitrogen and oxygen atoms in total. The molecule has 0 saturated heterocycles. The Kier molecular flexibility index (Phi) is 6.09. The van der Waals surface area contributed by atoms with Gasteiger partial charge in [0.15, 0.2) is 5.43 Å². The number of hydrogen-bond donors (Lipinski definition) is 0. The summed E-state index contributed by atoms with van der Waals surface area (Å²) in [5.74, 6) is 0.651. The van der Waals surface area contributed by atoms with Gasteiger partial charge in [0.2, 0.25) is 5.76 Å². The molecule has 1 aliphatic heterocycles. The fourth-order valence-electron chi connectivity index (χ4n) is 4.10. The Morgan fingerprint density at radius 1 is 1.10 bits per heavy atom. The van der Waals surface area contributed by atoms with Crippen LogP contribution in [0.1, 0.15) is 47.5 Å². The van der Waals surface area contributed by atoms with Gasteiger partial charge in [0.05, 0.1) is 23.6 Å². The number of rotatable bonds is 8. The van der Waals surface area contributed by atoms with Crippen molar-refractivity contribution in [2.24, 2.45) is 0 Å². The van der Waals surface area contributed by atoms with Crippen LogP contribution in [0.15, 0.2) is 57.7 Å². The van der Waals surface area contributed by atoms with Crippen LogP contribution in [0, 0.1) is 0 Å². The Morgan fingerprint density at radius 2 is 1.90 bits per heavy atom. The number of fused-ring (bicyclic) bond motifs is 2. The smallest absolute Gasteiger partial charge is 0.290 e. The third-order valence-electron chi connectivity index (χ3n) is 5.52. The van der Waals surface area contributed by atoms with E-state index in [9.17, 15) is 9.59 Å². The molecule has 0 unspecified atom stereocenters. The summed E-state index contributed by atoms with van der Waals surface area (Å²) in [5.41, 5.74) is 1.56. The lowest BCUT2D eigenvalue weighted by molar-refractivity contribution is 0.0722. The van der Waals surface area contributed by atoms with Gasteiger partial charge in [0, 0.05) is 6.54 Å². The van der Waals surface area contributed by atoms with Gasteiger partial charge < -0.3 is 19.0 Å². The van der Waals surface area contributed by atoms with Gasteiger partial charge >= 0.3 is 0 Å². The molecule has 1 aromatic heterocycles. The molecular weight excluding hydrogens is 392 g/mol. The lowest BCUT2D eigenvalue weighted by Crippen LogP contribution is -2.32.